The molecule has 5 nitrogen and oxygen atoms in total. The standard InChI is InChI=1S/C9H15N3O2S/c1-12(6-3-2-4-6)9(14)8(13)11-5-7(10)15/h6H,2-5H2,1H3,(H2,10,15)(H,11,13). The predicted molar refractivity (Wildman–Crippen MR) is 60.2 cm³/mol. The summed E-state index contributed by atoms with van der Waals surface area (Å²) >= 11 is 4.59. The van der Waals surface area contributed by atoms with Crippen molar-refractivity contribution < 1.29 is 9.59 Å². The average Bonchev–Trinajstić information content (AvgIpc) is 2.09. The molecular weight excluding hydrogens is 214 g/mol. The zero-order valence-electron chi connectivity index (χ0n) is 8.66. The Labute approximate surface area is 94.0 Å². The largest absolute Gasteiger partial charge is 0.392 e. The van der Waals surface area contributed by atoms with Gasteiger partial charge >= 0.3 is 11.8 Å². The number of hydrogen-bond donors (Lipinski definition) is 2. The predicted octanol–water partition coefficient (Wildman–Crippen LogP) is -0.600. The summed E-state index contributed by atoms with van der Waals surface area (Å²) in [4.78, 5) is 24.5. The zero-order chi connectivity index (χ0) is 11.4. The van der Waals surface area contributed by atoms with E-state index in [0.29, 0.717) is 0 Å². The maximum Gasteiger partial charge on any atom is 0.311 e. The van der Waals surface area contributed by atoms with Crippen molar-refractivity contribution in [1.82, 2.24) is 10.2 Å². The van der Waals surface area contributed by atoms with Gasteiger partial charge in [-0.15, -0.1) is 0 Å². The molecule has 2 amide bonds. The van der Waals surface area contributed by atoms with Gasteiger partial charge in [0, 0.05) is 13.1 Å². The molecule has 0 heterocycles. The van der Waals surface area contributed by atoms with Gasteiger partial charge in [-0.05, 0) is 19.3 Å². The molecule has 1 fully saturated rings. The Hall–Kier alpha value is -1.17. The summed E-state index contributed by atoms with van der Waals surface area (Å²) in [6, 6.07) is 0.216. The van der Waals surface area contributed by atoms with Crippen LogP contribution in [0.5, 0.6) is 0 Å². The topological polar surface area (TPSA) is 75.4 Å². The maximum atomic E-state index is 11.5. The van der Waals surface area contributed by atoms with Gasteiger partial charge in [0.15, 0.2) is 0 Å². The minimum absolute atomic E-state index is 0.0679. The van der Waals surface area contributed by atoms with Gasteiger partial charge in [0.05, 0.1) is 11.5 Å². The number of carbonyl (C=O) groups is 2. The molecule has 6 heteroatoms. The molecule has 15 heavy (non-hydrogen) atoms. The van der Waals surface area contributed by atoms with Crippen molar-refractivity contribution in [3.8, 4) is 0 Å². The van der Waals surface area contributed by atoms with Crippen molar-refractivity contribution in [3.05, 3.63) is 0 Å². The van der Waals surface area contributed by atoms with Gasteiger partial charge in [-0.1, -0.05) is 12.2 Å². The molecule has 0 bridgehead atoms. The van der Waals surface area contributed by atoms with Gasteiger partial charge in [-0.25, -0.2) is 0 Å². The Kier molecular flexibility index (Phi) is 4.02. The molecule has 1 saturated carbocycles. The molecule has 3 N–H and O–H groups in total. The number of carbonyl (C=O) groups excluding carboxylic acids is 2. The lowest BCUT2D eigenvalue weighted by molar-refractivity contribution is -0.147. The van der Waals surface area contributed by atoms with E-state index in [4.69, 9.17) is 5.73 Å². The molecule has 0 spiro atoms. The van der Waals surface area contributed by atoms with Crippen LogP contribution in [0.1, 0.15) is 19.3 Å². The number of nitrogens with one attached hydrogen (secondary N) is 1. The van der Waals surface area contributed by atoms with Crippen molar-refractivity contribution >= 4 is 29.0 Å². The monoisotopic (exact) mass is 229 g/mol. The fourth-order valence-corrected chi connectivity index (χ4v) is 1.42. The summed E-state index contributed by atoms with van der Waals surface area (Å²) in [6.45, 7) is 0.0679. The molecule has 0 saturated heterocycles. The van der Waals surface area contributed by atoms with E-state index in [2.05, 4.69) is 17.5 Å². The second kappa shape index (κ2) is 5.06. The third-order valence-corrected chi connectivity index (χ3v) is 2.70. The number of hydrogen-bond acceptors (Lipinski definition) is 3. The second-order valence-electron chi connectivity index (χ2n) is 3.65. The van der Waals surface area contributed by atoms with Crippen LogP contribution in [0.2, 0.25) is 0 Å². The summed E-state index contributed by atoms with van der Waals surface area (Å²) in [6.07, 6.45) is 3.08. The van der Waals surface area contributed by atoms with Crippen LogP contribution < -0.4 is 11.1 Å². The first-order valence-corrected chi connectivity index (χ1v) is 5.26. The number of rotatable bonds is 3. The highest BCUT2D eigenvalue weighted by atomic mass is 32.1. The Morgan fingerprint density at radius 2 is 2.13 bits per heavy atom. The van der Waals surface area contributed by atoms with Crippen LogP contribution in [0.15, 0.2) is 0 Å². The first-order chi connectivity index (χ1) is 7.02. The highest BCUT2D eigenvalue weighted by Crippen LogP contribution is 2.23. The molecule has 1 rings (SSSR count). The van der Waals surface area contributed by atoms with E-state index in [0.717, 1.165) is 19.3 Å². The lowest BCUT2D eigenvalue weighted by Gasteiger charge is -2.34. The third-order valence-electron chi connectivity index (χ3n) is 2.56. The van der Waals surface area contributed by atoms with Crippen LogP contribution in [-0.2, 0) is 9.59 Å². The maximum absolute atomic E-state index is 11.5. The van der Waals surface area contributed by atoms with E-state index >= 15 is 0 Å². The van der Waals surface area contributed by atoms with Crippen molar-refractivity contribution in [3.63, 3.8) is 0 Å². The number of likely N-dealkylation sites (N-methyl/N-ethyl adjacent to an activating group) is 1. The summed E-state index contributed by atoms with van der Waals surface area (Å²) in [5.74, 6) is -1.16. The van der Waals surface area contributed by atoms with E-state index in [-0.39, 0.29) is 17.6 Å². The Bertz CT molecular complexity index is 289. The molecular formula is C9H15N3O2S. The minimum atomic E-state index is -0.641. The fourth-order valence-electron chi connectivity index (χ4n) is 1.34. The van der Waals surface area contributed by atoms with Crippen LogP contribution in [-0.4, -0.2) is 41.3 Å². The first-order valence-electron chi connectivity index (χ1n) is 4.85. The van der Waals surface area contributed by atoms with Gasteiger partial charge < -0.3 is 16.0 Å². The molecule has 84 valence electrons. The van der Waals surface area contributed by atoms with E-state index < -0.39 is 11.8 Å². The quantitative estimate of drug-likeness (QED) is 0.500. The number of nitrogens with zero attached hydrogens (tertiary/aromatic N) is 1. The van der Waals surface area contributed by atoms with E-state index in [9.17, 15) is 9.59 Å². The van der Waals surface area contributed by atoms with E-state index in [1.165, 1.54) is 4.90 Å². The number of thiocarbonyl (C=S) groups is 1. The number of amides is 2. The lowest BCUT2D eigenvalue weighted by atomic mass is 9.92. The normalized spacial score (nSPS) is 15.3. The summed E-state index contributed by atoms with van der Waals surface area (Å²) < 4.78 is 0. The van der Waals surface area contributed by atoms with Crippen molar-refractivity contribution in [2.45, 2.75) is 25.3 Å². The van der Waals surface area contributed by atoms with Crippen molar-refractivity contribution in [2.24, 2.45) is 5.73 Å². The van der Waals surface area contributed by atoms with Crippen molar-refractivity contribution in [2.75, 3.05) is 13.6 Å². The summed E-state index contributed by atoms with van der Waals surface area (Å²) in [5.41, 5.74) is 5.21. The van der Waals surface area contributed by atoms with Crippen LogP contribution in [0.4, 0.5) is 0 Å². The summed E-state index contributed by atoms with van der Waals surface area (Å²) in [5, 5.41) is 2.37. The van der Waals surface area contributed by atoms with Gasteiger partial charge in [0.1, 0.15) is 0 Å². The molecule has 0 aromatic rings. The molecule has 1 aliphatic carbocycles. The SMILES string of the molecule is CN(C(=O)C(=O)NCC(N)=S)C1CCC1. The fraction of sp³-hybridized carbons (Fsp3) is 0.667. The van der Waals surface area contributed by atoms with Gasteiger partial charge in [-0.3, -0.25) is 9.59 Å². The smallest absolute Gasteiger partial charge is 0.311 e. The zero-order valence-corrected chi connectivity index (χ0v) is 9.47. The van der Waals surface area contributed by atoms with E-state index in [1.807, 2.05) is 0 Å². The lowest BCUT2D eigenvalue weighted by Crippen LogP contribution is -2.49. The van der Waals surface area contributed by atoms with Crippen LogP contribution >= 0.6 is 12.2 Å². The average molecular weight is 229 g/mol. The Morgan fingerprint density at radius 3 is 2.53 bits per heavy atom. The molecule has 0 aliphatic heterocycles. The highest BCUT2D eigenvalue weighted by molar-refractivity contribution is 7.80. The van der Waals surface area contributed by atoms with E-state index in [1.54, 1.807) is 7.05 Å². The second-order valence-corrected chi connectivity index (χ2v) is 4.17. The molecule has 0 aromatic heterocycles. The molecule has 0 aromatic carbocycles. The molecule has 1 aliphatic rings. The third kappa shape index (κ3) is 3.16. The first kappa shape index (κ1) is 11.9. The van der Waals surface area contributed by atoms with Gasteiger partial charge in [0.2, 0.25) is 0 Å². The van der Waals surface area contributed by atoms with Crippen LogP contribution in [0.3, 0.4) is 0 Å². The molecule has 0 atom stereocenters. The molecule has 0 unspecified atom stereocenters. The van der Waals surface area contributed by atoms with Crippen LogP contribution in [0.25, 0.3) is 0 Å². The Balaban J connectivity index is 2.37. The Morgan fingerprint density at radius 1 is 1.53 bits per heavy atom. The number of nitrogens with two attached hydrogens (primary N) is 1. The van der Waals surface area contributed by atoms with Gasteiger partial charge in [0.25, 0.3) is 0 Å². The van der Waals surface area contributed by atoms with Crippen molar-refractivity contribution in [1.29, 1.82) is 0 Å². The summed E-state index contributed by atoms with van der Waals surface area (Å²) in [7, 11) is 1.65. The highest BCUT2D eigenvalue weighted by Gasteiger charge is 2.29. The van der Waals surface area contributed by atoms with Gasteiger partial charge in [-0.2, -0.15) is 0 Å². The minimum Gasteiger partial charge on any atom is -0.392 e. The molecule has 0 radical (unpaired) electrons. The van der Waals surface area contributed by atoms with Crippen LogP contribution in [0, 0.1) is 0 Å².